The van der Waals surface area contributed by atoms with E-state index in [1.54, 1.807) is 31.8 Å². The standard InChI is InChI=1S/C32H30N6O4S/c1-3-41-27-14-12-26(13-15-27)38-31(25-10-7-17-33-20-25)36-37-32(38)43-22-30(39)35-34-19-24-11-16-28(40-2)29(18-24)42-21-23-8-5-4-6-9-23/h4-20H,3,21-22H2,1-2H3,(H,35,39). The molecule has 0 saturated carbocycles. The molecule has 0 saturated heterocycles. The number of nitrogens with one attached hydrogen (secondary N) is 1. The van der Waals surface area contributed by atoms with Gasteiger partial charge in [0.2, 0.25) is 0 Å². The Morgan fingerprint density at radius 3 is 2.56 bits per heavy atom. The molecule has 0 aliphatic carbocycles. The smallest absolute Gasteiger partial charge is 0.250 e. The molecule has 0 atom stereocenters. The van der Waals surface area contributed by atoms with Crippen LogP contribution in [0.25, 0.3) is 17.1 Å². The first kappa shape index (κ1) is 29.3. The summed E-state index contributed by atoms with van der Waals surface area (Å²) >= 11 is 1.25. The summed E-state index contributed by atoms with van der Waals surface area (Å²) in [5, 5.41) is 13.4. The van der Waals surface area contributed by atoms with Gasteiger partial charge < -0.3 is 14.2 Å². The van der Waals surface area contributed by atoms with Gasteiger partial charge in [0, 0.05) is 23.6 Å². The molecule has 0 spiro atoms. The molecule has 1 amide bonds. The highest BCUT2D eigenvalue weighted by molar-refractivity contribution is 7.99. The molecule has 5 rings (SSSR count). The van der Waals surface area contributed by atoms with Crippen LogP contribution >= 0.6 is 11.8 Å². The van der Waals surface area contributed by atoms with Crippen LogP contribution in [0.3, 0.4) is 0 Å². The van der Waals surface area contributed by atoms with Gasteiger partial charge >= 0.3 is 0 Å². The summed E-state index contributed by atoms with van der Waals surface area (Å²) in [6.07, 6.45) is 4.98. The minimum Gasteiger partial charge on any atom is -0.494 e. The zero-order valence-electron chi connectivity index (χ0n) is 23.7. The van der Waals surface area contributed by atoms with E-state index in [0.29, 0.717) is 35.7 Å². The van der Waals surface area contributed by atoms with Crippen molar-refractivity contribution in [3.05, 3.63) is 108 Å². The Morgan fingerprint density at radius 1 is 0.977 bits per heavy atom. The van der Waals surface area contributed by atoms with Gasteiger partial charge in [-0.15, -0.1) is 10.2 Å². The number of hydrogen-bond donors (Lipinski definition) is 1. The Labute approximate surface area is 253 Å². The summed E-state index contributed by atoms with van der Waals surface area (Å²) in [6.45, 7) is 2.91. The van der Waals surface area contributed by atoms with Crippen molar-refractivity contribution in [2.75, 3.05) is 19.5 Å². The first-order valence-electron chi connectivity index (χ1n) is 13.5. The summed E-state index contributed by atoms with van der Waals surface area (Å²) in [5.74, 6) is 2.35. The third-order valence-electron chi connectivity index (χ3n) is 6.12. The van der Waals surface area contributed by atoms with Gasteiger partial charge in [-0.3, -0.25) is 14.3 Å². The Hall–Kier alpha value is -5.16. The van der Waals surface area contributed by atoms with E-state index in [2.05, 4.69) is 25.7 Å². The van der Waals surface area contributed by atoms with E-state index in [4.69, 9.17) is 14.2 Å². The lowest BCUT2D eigenvalue weighted by molar-refractivity contribution is -0.118. The summed E-state index contributed by atoms with van der Waals surface area (Å²) < 4.78 is 18.9. The molecule has 0 aliphatic heterocycles. The third-order valence-corrected chi connectivity index (χ3v) is 7.05. The number of rotatable bonds is 13. The third kappa shape index (κ3) is 7.77. The summed E-state index contributed by atoms with van der Waals surface area (Å²) in [6, 6.07) is 26.7. The van der Waals surface area contributed by atoms with Gasteiger partial charge in [-0.2, -0.15) is 5.10 Å². The van der Waals surface area contributed by atoms with Crippen molar-refractivity contribution in [3.63, 3.8) is 0 Å². The van der Waals surface area contributed by atoms with Gasteiger partial charge in [0.1, 0.15) is 12.4 Å². The molecule has 0 fully saturated rings. The van der Waals surface area contributed by atoms with E-state index in [0.717, 1.165) is 28.1 Å². The number of aromatic nitrogens is 4. The summed E-state index contributed by atoms with van der Waals surface area (Å²) in [4.78, 5) is 16.9. The van der Waals surface area contributed by atoms with Crippen molar-refractivity contribution >= 4 is 23.9 Å². The molecule has 5 aromatic rings. The van der Waals surface area contributed by atoms with Gasteiger partial charge in [0.25, 0.3) is 5.91 Å². The van der Waals surface area contributed by atoms with Gasteiger partial charge in [0.15, 0.2) is 22.5 Å². The average Bonchev–Trinajstić information content (AvgIpc) is 3.48. The van der Waals surface area contributed by atoms with Crippen LogP contribution in [-0.2, 0) is 11.4 Å². The van der Waals surface area contributed by atoms with E-state index in [9.17, 15) is 4.79 Å². The number of carbonyl (C=O) groups is 1. The summed E-state index contributed by atoms with van der Waals surface area (Å²) in [7, 11) is 1.59. The summed E-state index contributed by atoms with van der Waals surface area (Å²) in [5.41, 5.74) is 6.00. The molecule has 43 heavy (non-hydrogen) atoms. The molecule has 11 heteroatoms. The molecular formula is C32H30N6O4S. The molecule has 0 unspecified atom stereocenters. The second-order valence-electron chi connectivity index (χ2n) is 9.08. The van der Waals surface area contributed by atoms with E-state index in [-0.39, 0.29) is 11.7 Å². The second kappa shape index (κ2) is 14.6. The first-order chi connectivity index (χ1) is 21.1. The van der Waals surface area contributed by atoms with Crippen molar-refractivity contribution in [1.29, 1.82) is 0 Å². The average molecular weight is 595 g/mol. The Morgan fingerprint density at radius 2 is 1.81 bits per heavy atom. The maximum absolute atomic E-state index is 12.7. The number of hydrogen-bond acceptors (Lipinski definition) is 9. The number of amides is 1. The van der Waals surface area contributed by atoms with Crippen LogP contribution in [0, 0.1) is 0 Å². The lowest BCUT2D eigenvalue weighted by Gasteiger charge is -2.11. The van der Waals surface area contributed by atoms with Gasteiger partial charge in [-0.05, 0) is 72.6 Å². The lowest BCUT2D eigenvalue weighted by atomic mass is 10.2. The molecular weight excluding hydrogens is 564 g/mol. The Balaban J connectivity index is 1.24. The molecule has 2 aromatic heterocycles. The van der Waals surface area contributed by atoms with Crippen LogP contribution in [0.15, 0.2) is 108 Å². The predicted octanol–water partition coefficient (Wildman–Crippen LogP) is 5.56. The van der Waals surface area contributed by atoms with Gasteiger partial charge in [-0.25, -0.2) is 5.43 Å². The monoisotopic (exact) mass is 594 g/mol. The van der Waals surface area contributed by atoms with Gasteiger partial charge in [0.05, 0.1) is 25.7 Å². The van der Waals surface area contributed by atoms with E-state index < -0.39 is 0 Å². The molecule has 0 radical (unpaired) electrons. The van der Waals surface area contributed by atoms with Crippen LogP contribution in [-0.4, -0.2) is 51.3 Å². The van der Waals surface area contributed by atoms with Crippen LogP contribution in [0.1, 0.15) is 18.1 Å². The molecule has 1 N–H and O–H groups in total. The Bertz CT molecular complexity index is 1660. The zero-order valence-corrected chi connectivity index (χ0v) is 24.5. The SMILES string of the molecule is CCOc1ccc(-n2c(SCC(=O)NN=Cc3ccc(OC)c(OCc4ccccc4)c3)nnc2-c2cccnc2)cc1. The van der Waals surface area contributed by atoms with Crippen LogP contribution in [0.4, 0.5) is 0 Å². The lowest BCUT2D eigenvalue weighted by Crippen LogP contribution is -2.20. The van der Waals surface area contributed by atoms with Crippen molar-refractivity contribution in [2.45, 2.75) is 18.7 Å². The first-order valence-corrected chi connectivity index (χ1v) is 14.5. The number of carbonyl (C=O) groups excluding carboxylic acids is 1. The Kier molecular flexibility index (Phi) is 9.99. The highest BCUT2D eigenvalue weighted by Gasteiger charge is 2.17. The fourth-order valence-electron chi connectivity index (χ4n) is 4.10. The van der Waals surface area contributed by atoms with Crippen LogP contribution in [0.5, 0.6) is 17.2 Å². The fraction of sp³-hybridized carbons (Fsp3) is 0.156. The van der Waals surface area contributed by atoms with Crippen molar-refractivity contribution in [2.24, 2.45) is 5.10 Å². The maximum Gasteiger partial charge on any atom is 0.250 e. The van der Waals surface area contributed by atoms with Crippen molar-refractivity contribution in [1.82, 2.24) is 25.2 Å². The highest BCUT2D eigenvalue weighted by Crippen LogP contribution is 2.30. The maximum atomic E-state index is 12.7. The minimum atomic E-state index is -0.292. The minimum absolute atomic E-state index is 0.0770. The number of benzene rings is 3. The normalized spacial score (nSPS) is 10.9. The number of methoxy groups -OCH3 is 1. The molecule has 0 bridgehead atoms. The van der Waals surface area contributed by atoms with E-state index in [1.165, 1.54) is 11.8 Å². The van der Waals surface area contributed by atoms with Crippen molar-refractivity contribution in [3.8, 4) is 34.3 Å². The molecule has 218 valence electrons. The van der Waals surface area contributed by atoms with Crippen LogP contribution in [0.2, 0.25) is 0 Å². The van der Waals surface area contributed by atoms with Crippen molar-refractivity contribution < 1.29 is 19.0 Å². The van der Waals surface area contributed by atoms with E-state index in [1.807, 2.05) is 90.4 Å². The molecule has 10 nitrogen and oxygen atoms in total. The number of pyridine rings is 1. The number of ether oxygens (including phenoxy) is 3. The zero-order chi connectivity index (χ0) is 29.9. The molecule has 3 aromatic carbocycles. The predicted molar refractivity (Wildman–Crippen MR) is 166 cm³/mol. The largest absolute Gasteiger partial charge is 0.494 e. The second-order valence-corrected chi connectivity index (χ2v) is 10.0. The van der Waals surface area contributed by atoms with Gasteiger partial charge in [-0.1, -0.05) is 42.1 Å². The molecule has 0 aliphatic rings. The number of hydrazone groups is 1. The molecule has 2 heterocycles. The van der Waals surface area contributed by atoms with E-state index >= 15 is 0 Å². The van der Waals surface area contributed by atoms with Crippen LogP contribution < -0.4 is 19.6 Å². The quantitative estimate of drug-likeness (QED) is 0.107. The highest BCUT2D eigenvalue weighted by atomic mass is 32.2. The fourth-order valence-corrected chi connectivity index (χ4v) is 4.84. The topological polar surface area (TPSA) is 113 Å². The number of nitrogens with zero attached hydrogens (tertiary/aromatic N) is 5. The number of thioether (sulfide) groups is 1.